The smallest absolute Gasteiger partial charge is 0.240 e. The molecule has 1 aromatic rings. The number of rotatable bonds is 7. The molecule has 0 spiro atoms. The van der Waals surface area contributed by atoms with E-state index in [1.807, 2.05) is 0 Å². The Kier molecular flexibility index (Phi) is 5.82. The first kappa shape index (κ1) is 15.0. The highest BCUT2D eigenvalue weighted by Crippen LogP contribution is 2.11. The summed E-state index contributed by atoms with van der Waals surface area (Å²) in [6.45, 7) is 8.15. The predicted octanol–water partition coefficient (Wildman–Crippen LogP) is 1.46. The number of carbonyl (C=O) groups excluding carboxylic acids is 1. The molecule has 1 rings (SSSR count). The van der Waals surface area contributed by atoms with Crippen molar-refractivity contribution in [3.8, 4) is 5.75 Å². The second-order valence-corrected chi connectivity index (χ2v) is 4.30. The molecule has 3 N–H and O–H groups in total. The number of phenolic OH excluding ortho intramolecular Hbond substituents is 1. The lowest BCUT2D eigenvalue weighted by atomic mass is 10.1. The largest absolute Gasteiger partial charge is 0.508 e. The van der Waals surface area contributed by atoms with Crippen molar-refractivity contribution >= 4 is 5.91 Å². The number of phenols is 1. The summed E-state index contributed by atoms with van der Waals surface area (Å²) in [7, 11) is 0. The van der Waals surface area contributed by atoms with Crippen LogP contribution in [0.2, 0.25) is 0 Å². The van der Waals surface area contributed by atoms with Gasteiger partial charge in [-0.05, 0) is 24.1 Å². The Labute approximate surface area is 113 Å². The topological polar surface area (TPSA) is 66.6 Å². The molecule has 1 atom stereocenters. The molecular formula is C15H20N2O2. The standard InChI is InChI=1S/C15H20N2O2/c1-3-9-17(10-4-2)15(19)14(16)11-12-5-7-13(18)8-6-12/h3-8,14,18H,1-2,9-11,16H2/t14-/m1/s1. The van der Waals surface area contributed by atoms with Crippen molar-refractivity contribution in [2.45, 2.75) is 12.5 Å². The Morgan fingerprint density at radius 2 is 1.79 bits per heavy atom. The molecular weight excluding hydrogens is 240 g/mol. The third-order valence-electron chi connectivity index (χ3n) is 2.72. The van der Waals surface area contributed by atoms with E-state index >= 15 is 0 Å². The van der Waals surface area contributed by atoms with Gasteiger partial charge in [0, 0.05) is 13.1 Å². The van der Waals surface area contributed by atoms with Crippen LogP contribution in [0.1, 0.15) is 5.56 Å². The maximum atomic E-state index is 12.2. The van der Waals surface area contributed by atoms with Crippen LogP contribution in [0.25, 0.3) is 0 Å². The summed E-state index contributed by atoms with van der Waals surface area (Å²) in [6, 6.07) is 6.07. The van der Waals surface area contributed by atoms with Crippen molar-refractivity contribution in [1.29, 1.82) is 0 Å². The van der Waals surface area contributed by atoms with Crippen LogP contribution >= 0.6 is 0 Å². The summed E-state index contributed by atoms with van der Waals surface area (Å²) >= 11 is 0. The van der Waals surface area contributed by atoms with Gasteiger partial charge in [-0.15, -0.1) is 13.2 Å². The summed E-state index contributed by atoms with van der Waals surface area (Å²) in [6.07, 6.45) is 3.76. The number of carbonyl (C=O) groups is 1. The maximum absolute atomic E-state index is 12.2. The zero-order chi connectivity index (χ0) is 14.3. The number of amides is 1. The van der Waals surface area contributed by atoms with E-state index in [0.29, 0.717) is 19.5 Å². The van der Waals surface area contributed by atoms with Crippen molar-refractivity contribution in [2.24, 2.45) is 5.73 Å². The molecule has 0 aromatic heterocycles. The van der Waals surface area contributed by atoms with Crippen LogP contribution in [0.3, 0.4) is 0 Å². The van der Waals surface area contributed by atoms with Gasteiger partial charge in [0.05, 0.1) is 6.04 Å². The quantitative estimate of drug-likeness (QED) is 0.729. The highest BCUT2D eigenvalue weighted by Gasteiger charge is 2.19. The lowest BCUT2D eigenvalue weighted by molar-refractivity contribution is -0.131. The third kappa shape index (κ3) is 4.60. The molecule has 0 bridgehead atoms. The molecule has 0 saturated carbocycles. The molecule has 0 heterocycles. The van der Waals surface area contributed by atoms with E-state index in [4.69, 9.17) is 5.73 Å². The number of benzene rings is 1. The average molecular weight is 260 g/mol. The zero-order valence-corrected chi connectivity index (χ0v) is 11.0. The number of hydrogen-bond donors (Lipinski definition) is 2. The minimum absolute atomic E-state index is 0.132. The second-order valence-electron chi connectivity index (χ2n) is 4.30. The number of aromatic hydroxyl groups is 1. The molecule has 4 nitrogen and oxygen atoms in total. The summed E-state index contributed by atoms with van der Waals surface area (Å²) in [5, 5.41) is 9.20. The molecule has 0 unspecified atom stereocenters. The Morgan fingerprint density at radius 1 is 1.26 bits per heavy atom. The van der Waals surface area contributed by atoms with Gasteiger partial charge in [0.2, 0.25) is 5.91 Å². The molecule has 0 fully saturated rings. The van der Waals surface area contributed by atoms with Gasteiger partial charge in [-0.2, -0.15) is 0 Å². The van der Waals surface area contributed by atoms with Crippen LogP contribution in [0.5, 0.6) is 5.75 Å². The molecule has 1 aromatic carbocycles. The Bertz CT molecular complexity index is 430. The normalized spacial score (nSPS) is 11.6. The van der Waals surface area contributed by atoms with Crippen LogP contribution in [-0.4, -0.2) is 35.0 Å². The molecule has 102 valence electrons. The van der Waals surface area contributed by atoms with Gasteiger partial charge in [0.25, 0.3) is 0 Å². The van der Waals surface area contributed by atoms with Gasteiger partial charge >= 0.3 is 0 Å². The van der Waals surface area contributed by atoms with E-state index in [1.54, 1.807) is 41.3 Å². The lowest BCUT2D eigenvalue weighted by Crippen LogP contribution is -2.45. The molecule has 4 heteroatoms. The fraction of sp³-hybridized carbons (Fsp3) is 0.267. The summed E-state index contributed by atoms with van der Waals surface area (Å²) in [5.74, 6) is 0.0662. The van der Waals surface area contributed by atoms with Crippen LogP contribution < -0.4 is 5.73 Å². The molecule has 0 saturated heterocycles. The minimum Gasteiger partial charge on any atom is -0.508 e. The van der Waals surface area contributed by atoms with Gasteiger partial charge in [0.15, 0.2) is 0 Å². The highest BCUT2D eigenvalue weighted by molar-refractivity contribution is 5.82. The number of nitrogens with two attached hydrogens (primary N) is 1. The van der Waals surface area contributed by atoms with Crippen molar-refractivity contribution in [3.05, 3.63) is 55.1 Å². The molecule has 19 heavy (non-hydrogen) atoms. The fourth-order valence-corrected chi connectivity index (χ4v) is 1.77. The van der Waals surface area contributed by atoms with Crippen molar-refractivity contribution in [2.75, 3.05) is 13.1 Å². The van der Waals surface area contributed by atoms with E-state index < -0.39 is 6.04 Å². The van der Waals surface area contributed by atoms with Crippen LogP contribution in [0, 0.1) is 0 Å². The van der Waals surface area contributed by atoms with E-state index in [2.05, 4.69) is 13.2 Å². The SMILES string of the molecule is C=CCN(CC=C)C(=O)[C@H](N)Cc1ccc(O)cc1. The minimum atomic E-state index is -0.607. The first-order valence-corrected chi connectivity index (χ1v) is 6.12. The van der Waals surface area contributed by atoms with E-state index in [0.717, 1.165) is 5.56 Å². The molecule has 0 aliphatic carbocycles. The first-order valence-electron chi connectivity index (χ1n) is 6.12. The monoisotopic (exact) mass is 260 g/mol. The molecule has 0 aliphatic heterocycles. The molecule has 0 radical (unpaired) electrons. The number of hydrogen-bond acceptors (Lipinski definition) is 3. The Balaban J connectivity index is 2.67. The van der Waals surface area contributed by atoms with E-state index in [9.17, 15) is 9.90 Å². The predicted molar refractivity (Wildman–Crippen MR) is 76.8 cm³/mol. The van der Waals surface area contributed by atoms with Gasteiger partial charge in [-0.25, -0.2) is 0 Å². The molecule has 1 amide bonds. The van der Waals surface area contributed by atoms with Crippen molar-refractivity contribution in [3.63, 3.8) is 0 Å². The van der Waals surface area contributed by atoms with Crippen LogP contribution in [-0.2, 0) is 11.2 Å². The van der Waals surface area contributed by atoms with Gasteiger partial charge in [-0.1, -0.05) is 24.3 Å². The number of nitrogens with zero attached hydrogens (tertiary/aromatic N) is 1. The van der Waals surface area contributed by atoms with Gasteiger partial charge in [0.1, 0.15) is 5.75 Å². The molecule has 0 aliphatic rings. The Morgan fingerprint density at radius 3 is 2.26 bits per heavy atom. The van der Waals surface area contributed by atoms with E-state index in [-0.39, 0.29) is 11.7 Å². The Hall–Kier alpha value is -2.07. The summed E-state index contributed by atoms with van der Waals surface area (Å²) < 4.78 is 0. The lowest BCUT2D eigenvalue weighted by Gasteiger charge is -2.23. The third-order valence-corrected chi connectivity index (χ3v) is 2.72. The van der Waals surface area contributed by atoms with Crippen LogP contribution in [0.15, 0.2) is 49.6 Å². The van der Waals surface area contributed by atoms with Crippen molar-refractivity contribution in [1.82, 2.24) is 4.90 Å². The van der Waals surface area contributed by atoms with E-state index in [1.165, 1.54) is 0 Å². The zero-order valence-electron chi connectivity index (χ0n) is 11.0. The highest BCUT2D eigenvalue weighted by atomic mass is 16.3. The maximum Gasteiger partial charge on any atom is 0.240 e. The summed E-state index contributed by atoms with van der Waals surface area (Å²) in [5.41, 5.74) is 6.84. The summed E-state index contributed by atoms with van der Waals surface area (Å²) in [4.78, 5) is 13.8. The van der Waals surface area contributed by atoms with Gasteiger partial charge in [-0.3, -0.25) is 4.79 Å². The van der Waals surface area contributed by atoms with Crippen molar-refractivity contribution < 1.29 is 9.90 Å². The van der Waals surface area contributed by atoms with Crippen LogP contribution in [0.4, 0.5) is 0 Å². The average Bonchev–Trinajstić information content (AvgIpc) is 2.40. The fourth-order valence-electron chi connectivity index (χ4n) is 1.77. The first-order chi connectivity index (χ1) is 9.08. The second kappa shape index (κ2) is 7.38. The van der Waals surface area contributed by atoms with Gasteiger partial charge < -0.3 is 15.7 Å².